The standard InChI is InChI=1S/C22H22N6O/c1-2-13-5-3-6-14-15(11-28(21(13)14)8-4-7-23)20-22(29)27-19-10-17-16(24-12-25-17)9-18(19)26-20/h3,5-6,9-12H,2,4,7-8,23H2,1H3,(H,24,25)(H,27,29). The zero-order valence-corrected chi connectivity index (χ0v) is 16.2. The van der Waals surface area contributed by atoms with Gasteiger partial charge in [0, 0.05) is 23.7 Å². The zero-order valence-electron chi connectivity index (χ0n) is 16.2. The number of hydrogen-bond acceptors (Lipinski definition) is 4. The topological polar surface area (TPSA) is 105 Å². The number of H-pyrrole nitrogens is 2. The molecule has 0 aliphatic rings. The first-order valence-electron chi connectivity index (χ1n) is 9.88. The third-order valence-corrected chi connectivity index (χ3v) is 5.45. The van der Waals surface area contributed by atoms with Crippen molar-refractivity contribution in [3.05, 3.63) is 58.8 Å². The Morgan fingerprint density at radius 3 is 2.86 bits per heavy atom. The highest BCUT2D eigenvalue weighted by molar-refractivity contribution is 5.98. The van der Waals surface area contributed by atoms with Crippen LogP contribution in [0.5, 0.6) is 0 Å². The number of hydrogen-bond donors (Lipinski definition) is 3. The molecule has 0 saturated heterocycles. The van der Waals surface area contributed by atoms with Gasteiger partial charge in [-0.15, -0.1) is 0 Å². The number of benzene rings is 2. The van der Waals surface area contributed by atoms with E-state index in [1.807, 2.05) is 24.4 Å². The fourth-order valence-electron chi connectivity index (χ4n) is 4.05. The molecule has 7 nitrogen and oxygen atoms in total. The summed E-state index contributed by atoms with van der Waals surface area (Å²) >= 11 is 0. The summed E-state index contributed by atoms with van der Waals surface area (Å²) in [7, 11) is 0. The molecule has 146 valence electrons. The van der Waals surface area contributed by atoms with Crippen LogP contribution >= 0.6 is 0 Å². The van der Waals surface area contributed by atoms with Crippen molar-refractivity contribution in [1.29, 1.82) is 0 Å². The predicted octanol–water partition coefficient (Wildman–Crippen LogP) is 3.33. The van der Waals surface area contributed by atoms with E-state index in [0.717, 1.165) is 52.4 Å². The molecule has 3 heterocycles. The van der Waals surface area contributed by atoms with Crippen molar-refractivity contribution in [2.24, 2.45) is 5.73 Å². The molecular weight excluding hydrogens is 364 g/mol. The van der Waals surface area contributed by atoms with Crippen LogP contribution in [0.3, 0.4) is 0 Å². The van der Waals surface area contributed by atoms with Gasteiger partial charge in [0.1, 0.15) is 5.69 Å². The first-order chi connectivity index (χ1) is 14.2. The molecular formula is C22H22N6O. The first-order valence-corrected chi connectivity index (χ1v) is 9.88. The molecule has 0 fully saturated rings. The molecule has 0 aliphatic carbocycles. The molecule has 0 saturated carbocycles. The average Bonchev–Trinajstić information content (AvgIpc) is 3.34. The Kier molecular flexibility index (Phi) is 4.17. The van der Waals surface area contributed by atoms with Gasteiger partial charge in [-0.3, -0.25) is 4.79 Å². The van der Waals surface area contributed by atoms with Gasteiger partial charge in [0.25, 0.3) is 5.56 Å². The van der Waals surface area contributed by atoms with E-state index in [0.29, 0.717) is 17.8 Å². The van der Waals surface area contributed by atoms with Crippen LogP contribution in [-0.2, 0) is 13.0 Å². The lowest BCUT2D eigenvalue weighted by molar-refractivity contribution is 0.669. The fourth-order valence-corrected chi connectivity index (χ4v) is 4.05. The number of rotatable bonds is 5. The van der Waals surface area contributed by atoms with Crippen LogP contribution in [0.4, 0.5) is 0 Å². The average molecular weight is 386 g/mol. The monoisotopic (exact) mass is 386 g/mol. The Morgan fingerprint density at radius 2 is 2.03 bits per heavy atom. The molecule has 5 aromatic rings. The van der Waals surface area contributed by atoms with Crippen LogP contribution in [-0.4, -0.2) is 31.0 Å². The Labute approximate surface area is 166 Å². The SMILES string of the molecule is CCc1cccc2c(-c3nc4cc5[nH]cnc5cc4[nH]c3=O)cn(CCCN)c12. The second-order valence-corrected chi connectivity index (χ2v) is 7.25. The minimum absolute atomic E-state index is 0.202. The van der Waals surface area contributed by atoms with E-state index in [2.05, 4.69) is 38.6 Å². The highest BCUT2D eigenvalue weighted by atomic mass is 16.1. The summed E-state index contributed by atoms with van der Waals surface area (Å²) in [5.74, 6) is 0. The predicted molar refractivity (Wildman–Crippen MR) is 116 cm³/mol. The van der Waals surface area contributed by atoms with Gasteiger partial charge in [0.05, 0.1) is 33.9 Å². The smallest absolute Gasteiger partial charge is 0.275 e. The molecule has 7 heteroatoms. The summed E-state index contributed by atoms with van der Waals surface area (Å²) in [5, 5.41) is 1.04. The van der Waals surface area contributed by atoms with Gasteiger partial charge >= 0.3 is 0 Å². The third kappa shape index (κ3) is 2.82. The van der Waals surface area contributed by atoms with E-state index in [4.69, 9.17) is 10.7 Å². The molecule has 0 bridgehead atoms. The maximum atomic E-state index is 13.0. The molecule has 0 aliphatic heterocycles. The number of nitrogens with two attached hydrogens (primary N) is 1. The van der Waals surface area contributed by atoms with Crippen molar-refractivity contribution in [3.63, 3.8) is 0 Å². The molecule has 0 unspecified atom stereocenters. The van der Waals surface area contributed by atoms with Gasteiger partial charge in [0.2, 0.25) is 0 Å². The van der Waals surface area contributed by atoms with Gasteiger partial charge in [-0.2, -0.15) is 0 Å². The summed E-state index contributed by atoms with van der Waals surface area (Å²) in [6.07, 6.45) is 5.47. The first kappa shape index (κ1) is 17.6. The van der Waals surface area contributed by atoms with Gasteiger partial charge in [-0.05, 0) is 37.1 Å². The van der Waals surface area contributed by atoms with Crippen molar-refractivity contribution in [1.82, 2.24) is 24.5 Å². The van der Waals surface area contributed by atoms with Crippen LogP contribution in [0.2, 0.25) is 0 Å². The van der Waals surface area contributed by atoms with Gasteiger partial charge < -0.3 is 20.3 Å². The Morgan fingerprint density at radius 1 is 1.17 bits per heavy atom. The molecule has 4 N–H and O–H groups in total. The molecule has 0 radical (unpaired) electrons. The summed E-state index contributed by atoms with van der Waals surface area (Å²) < 4.78 is 2.21. The third-order valence-electron chi connectivity index (χ3n) is 5.45. The van der Waals surface area contributed by atoms with Crippen LogP contribution in [0.15, 0.2) is 47.7 Å². The van der Waals surface area contributed by atoms with Gasteiger partial charge in [-0.1, -0.05) is 25.1 Å². The minimum atomic E-state index is -0.202. The number of aromatic nitrogens is 5. The minimum Gasteiger partial charge on any atom is -0.347 e. The van der Waals surface area contributed by atoms with Crippen molar-refractivity contribution in [2.45, 2.75) is 26.3 Å². The van der Waals surface area contributed by atoms with E-state index < -0.39 is 0 Å². The van der Waals surface area contributed by atoms with E-state index in [1.165, 1.54) is 5.56 Å². The molecule has 5 rings (SSSR count). The van der Waals surface area contributed by atoms with Crippen molar-refractivity contribution >= 4 is 33.0 Å². The Balaban J connectivity index is 1.78. The van der Waals surface area contributed by atoms with Crippen molar-refractivity contribution < 1.29 is 0 Å². The number of aromatic amines is 2. The highest BCUT2D eigenvalue weighted by Gasteiger charge is 2.17. The molecule has 0 amide bonds. The normalized spacial score (nSPS) is 11.8. The van der Waals surface area contributed by atoms with Crippen LogP contribution in [0, 0.1) is 0 Å². The fraction of sp³-hybridized carbons (Fsp3) is 0.227. The number of imidazole rings is 1. The van der Waals surface area contributed by atoms with E-state index in [9.17, 15) is 4.79 Å². The van der Waals surface area contributed by atoms with Crippen molar-refractivity contribution in [2.75, 3.05) is 6.54 Å². The van der Waals surface area contributed by atoms with Crippen LogP contribution < -0.4 is 11.3 Å². The lowest BCUT2D eigenvalue weighted by Gasteiger charge is -2.07. The second kappa shape index (κ2) is 6.86. The summed E-state index contributed by atoms with van der Waals surface area (Å²) in [4.78, 5) is 28.0. The number of fused-ring (bicyclic) bond motifs is 3. The van der Waals surface area contributed by atoms with Gasteiger partial charge in [-0.25, -0.2) is 9.97 Å². The number of nitrogens with zero attached hydrogens (tertiary/aromatic N) is 3. The lowest BCUT2D eigenvalue weighted by Crippen LogP contribution is -2.11. The maximum Gasteiger partial charge on any atom is 0.275 e. The largest absolute Gasteiger partial charge is 0.347 e. The van der Waals surface area contributed by atoms with Gasteiger partial charge in [0.15, 0.2) is 0 Å². The number of para-hydroxylation sites is 1. The number of aryl methyl sites for hydroxylation is 2. The van der Waals surface area contributed by atoms with E-state index >= 15 is 0 Å². The quantitative estimate of drug-likeness (QED) is 0.431. The second-order valence-electron chi connectivity index (χ2n) is 7.25. The summed E-state index contributed by atoms with van der Waals surface area (Å²) in [6, 6.07) is 10.0. The highest BCUT2D eigenvalue weighted by Crippen LogP contribution is 2.31. The van der Waals surface area contributed by atoms with E-state index in [-0.39, 0.29) is 5.56 Å². The molecule has 0 atom stereocenters. The Hall–Kier alpha value is -3.45. The summed E-state index contributed by atoms with van der Waals surface area (Å²) in [6.45, 7) is 3.58. The van der Waals surface area contributed by atoms with Crippen LogP contribution in [0.1, 0.15) is 18.9 Å². The van der Waals surface area contributed by atoms with Crippen molar-refractivity contribution in [3.8, 4) is 11.3 Å². The number of nitrogens with one attached hydrogen (secondary N) is 2. The molecule has 29 heavy (non-hydrogen) atoms. The maximum absolute atomic E-state index is 13.0. The molecule has 3 aromatic heterocycles. The van der Waals surface area contributed by atoms with E-state index in [1.54, 1.807) is 6.33 Å². The Bertz CT molecular complexity index is 1410. The van der Waals surface area contributed by atoms with Crippen LogP contribution in [0.25, 0.3) is 44.2 Å². The zero-order chi connectivity index (χ0) is 20.0. The lowest BCUT2D eigenvalue weighted by atomic mass is 10.1. The summed E-state index contributed by atoms with van der Waals surface area (Å²) in [5.41, 5.74) is 12.3. The molecule has 2 aromatic carbocycles. The molecule has 0 spiro atoms.